The maximum atomic E-state index is 12.4. The van der Waals surface area contributed by atoms with Gasteiger partial charge in [-0.05, 0) is 25.3 Å². The molecule has 0 aliphatic carbocycles. The van der Waals surface area contributed by atoms with Gasteiger partial charge in [-0.2, -0.15) is 0 Å². The Bertz CT molecular complexity index is 574. The Labute approximate surface area is 117 Å². The van der Waals surface area contributed by atoms with Crippen molar-refractivity contribution in [1.82, 2.24) is 9.47 Å². The molecule has 1 aliphatic rings. The molecular weight excluding hydrogens is 288 g/mol. The molecule has 106 valence electrons. The molecule has 0 spiro atoms. The van der Waals surface area contributed by atoms with Crippen LogP contribution in [0.4, 0.5) is 0 Å². The number of aryl methyl sites for hydroxylation is 1. The van der Waals surface area contributed by atoms with Crippen molar-refractivity contribution < 1.29 is 13.2 Å². The molecule has 1 aromatic heterocycles. The fourth-order valence-electron chi connectivity index (χ4n) is 2.30. The van der Waals surface area contributed by atoms with E-state index in [9.17, 15) is 13.2 Å². The number of hydrogen-bond donors (Lipinski definition) is 0. The van der Waals surface area contributed by atoms with Crippen LogP contribution in [0.25, 0.3) is 0 Å². The largest absolute Gasteiger partial charge is 0.342 e. The molecule has 1 amide bonds. The van der Waals surface area contributed by atoms with Crippen molar-refractivity contribution in [1.29, 1.82) is 0 Å². The Morgan fingerprint density at radius 1 is 1.37 bits per heavy atom. The lowest BCUT2D eigenvalue weighted by molar-refractivity contribution is 0.0782. The van der Waals surface area contributed by atoms with Crippen molar-refractivity contribution in [2.24, 2.45) is 0 Å². The highest BCUT2D eigenvalue weighted by molar-refractivity contribution is 8.13. The third-order valence-corrected chi connectivity index (χ3v) is 4.55. The summed E-state index contributed by atoms with van der Waals surface area (Å²) < 4.78 is 24.4. The van der Waals surface area contributed by atoms with Crippen molar-refractivity contribution in [3.05, 3.63) is 18.0 Å². The molecule has 19 heavy (non-hydrogen) atoms. The van der Waals surface area contributed by atoms with Crippen LogP contribution in [0, 0.1) is 0 Å². The molecule has 0 atom stereocenters. The van der Waals surface area contributed by atoms with Gasteiger partial charge < -0.3 is 9.47 Å². The molecule has 0 bridgehead atoms. The van der Waals surface area contributed by atoms with Crippen molar-refractivity contribution in [2.75, 3.05) is 13.1 Å². The van der Waals surface area contributed by atoms with Crippen LogP contribution in [-0.4, -0.2) is 36.9 Å². The van der Waals surface area contributed by atoms with Gasteiger partial charge >= 0.3 is 0 Å². The van der Waals surface area contributed by atoms with Gasteiger partial charge in [0.2, 0.25) is 0 Å². The van der Waals surface area contributed by atoms with Crippen molar-refractivity contribution >= 4 is 25.6 Å². The smallest absolute Gasteiger partial charge is 0.270 e. The van der Waals surface area contributed by atoms with Crippen LogP contribution in [0.2, 0.25) is 0 Å². The highest BCUT2D eigenvalue weighted by Crippen LogP contribution is 2.21. The third kappa shape index (κ3) is 3.12. The minimum Gasteiger partial charge on any atom is -0.342 e. The Balaban J connectivity index is 2.37. The van der Waals surface area contributed by atoms with E-state index in [-0.39, 0.29) is 10.8 Å². The minimum absolute atomic E-state index is 0.00911. The Hall–Kier alpha value is -1.01. The summed E-state index contributed by atoms with van der Waals surface area (Å²) in [5.41, 5.74) is 0.406. The van der Waals surface area contributed by atoms with Crippen LogP contribution in [0.5, 0.6) is 0 Å². The molecule has 0 aromatic carbocycles. The Kier molecular flexibility index (Phi) is 4.20. The fourth-order valence-corrected chi connectivity index (χ4v) is 3.06. The van der Waals surface area contributed by atoms with Crippen LogP contribution in [0.3, 0.4) is 0 Å². The van der Waals surface area contributed by atoms with E-state index in [1.165, 1.54) is 12.3 Å². The lowest BCUT2D eigenvalue weighted by atomic mass is 10.3. The first-order chi connectivity index (χ1) is 8.93. The topological polar surface area (TPSA) is 59.4 Å². The average Bonchev–Trinajstić information content (AvgIpc) is 2.96. The van der Waals surface area contributed by atoms with Gasteiger partial charge in [0.15, 0.2) is 0 Å². The predicted molar refractivity (Wildman–Crippen MR) is 72.9 cm³/mol. The number of nitrogens with zero attached hydrogens (tertiary/aromatic N) is 2. The molecule has 1 aromatic rings. The molecule has 0 unspecified atom stereocenters. The number of rotatable bonds is 4. The standard InChI is InChI=1S/C12H17ClN2O3S/c1-2-5-15-9-10(19(13,17)18)8-11(15)12(16)14-6-3-4-7-14/h8-9H,2-7H2,1H3. The first-order valence-electron chi connectivity index (χ1n) is 6.37. The summed E-state index contributed by atoms with van der Waals surface area (Å²) in [6, 6.07) is 1.37. The van der Waals surface area contributed by atoms with Crippen LogP contribution in [0.15, 0.2) is 17.2 Å². The highest BCUT2D eigenvalue weighted by Gasteiger charge is 2.25. The van der Waals surface area contributed by atoms with E-state index in [0.29, 0.717) is 12.2 Å². The maximum absolute atomic E-state index is 12.4. The van der Waals surface area contributed by atoms with E-state index in [2.05, 4.69) is 0 Å². The monoisotopic (exact) mass is 304 g/mol. The summed E-state index contributed by atoms with van der Waals surface area (Å²) in [5.74, 6) is -0.113. The molecular formula is C12H17ClN2O3S. The van der Waals surface area contributed by atoms with Crippen molar-refractivity contribution in [2.45, 2.75) is 37.6 Å². The molecule has 1 aliphatic heterocycles. The normalized spacial score (nSPS) is 16.0. The van der Waals surface area contributed by atoms with Gasteiger partial charge in [-0.15, -0.1) is 0 Å². The molecule has 1 fully saturated rings. The molecule has 1 saturated heterocycles. The van der Waals surface area contributed by atoms with Crippen LogP contribution >= 0.6 is 10.7 Å². The number of carbonyl (C=O) groups excluding carboxylic acids is 1. The van der Waals surface area contributed by atoms with E-state index >= 15 is 0 Å². The SMILES string of the molecule is CCCn1cc(S(=O)(=O)Cl)cc1C(=O)N1CCCC1. The van der Waals surface area contributed by atoms with Crippen LogP contribution < -0.4 is 0 Å². The minimum atomic E-state index is -3.80. The van der Waals surface area contributed by atoms with Gasteiger partial charge in [0, 0.05) is 36.5 Å². The zero-order valence-electron chi connectivity index (χ0n) is 10.8. The Morgan fingerprint density at radius 2 is 2.00 bits per heavy atom. The molecule has 2 heterocycles. The number of hydrogen-bond acceptors (Lipinski definition) is 3. The van der Waals surface area contributed by atoms with Crippen molar-refractivity contribution in [3.63, 3.8) is 0 Å². The average molecular weight is 305 g/mol. The first kappa shape index (κ1) is 14.4. The number of halogens is 1. The van der Waals surface area contributed by atoms with Gasteiger partial charge in [-0.3, -0.25) is 4.79 Å². The molecule has 0 N–H and O–H groups in total. The molecule has 0 radical (unpaired) electrons. The summed E-state index contributed by atoms with van der Waals surface area (Å²) in [5, 5.41) is 0. The van der Waals surface area contributed by atoms with Gasteiger partial charge in [-0.1, -0.05) is 6.92 Å². The number of amides is 1. The van der Waals surface area contributed by atoms with E-state index in [4.69, 9.17) is 10.7 Å². The summed E-state index contributed by atoms with van der Waals surface area (Å²) in [4.78, 5) is 14.1. The second-order valence-corrected chi connectivity index (χ2v) is 7.26. The number of aromatic nitrogens is 1. The molecule has 2 rings (SSSR count). The molecule has 7 heteroatoms. The fraction of sp³-hybridized carbons (Fsp3) is 0.583. The van der Waals surface area contributed by atoms with E-state index in [1.54, 1.807) is 9.47 Å². The second-order valence-electron chi connectivity index (χ2n) is 4.69. The highest BCUT2D eigenvalue weighted by atomic mass is 35.7. The lowest BCUT2D eigenvalue weighted by Gasteiger charge is -2.16. The van der Waals surface area contributed by atoms with E-state index in [0.717, 1.165) is 32.4 Å². The summed E-state index contributed by atoms with van der Waals surface area (Å²) in [6.45, 7) is 4.04. The number of likely N-dealkylation sites (tertiary alicyclic amines) is 1. The Morgan fingerprint density at radius 3 is 2.53 bits per heavy atom. The molecule has 5 nitrogen and oxygen atoms in total. The van der Waals surface area contributed by atoms with Crippen LogP contribution in [-0.2, 0) is 15.6 Å². The maximum Gasteiger partial charge on any atom is 0.270 e. The van der Waals surface area contributed by atoms with Gasteiger partial charge in [0.25, 0.3) is 15.0 Å². The quantitative estimate of drug-likeness (QED) is 0.800. The van der Waals surface area contributed by atoms with E-state index in [1.807, 2.05) is 6.92 Å². The van der Waals surface area contributed by atoms with Crippen LogP contribution in [0.1, 0.15) is 36.7 Å². The predicted octanol–water partition coefficient (Wildman–Crippen LogP) is 2.06. The third-order valence-electron chi connectivity index (χ3n) is 3.23. The zero-order chi connectivity index (χ0) is 14.0. The lowest BCUT2D eigenvalue weighted by Crippen LogP contribution is -2.29. The van der Waals surface area contributed by atoms with Gasteiger partial charge in [-0.25, -0.2) is 8.42 Å². The number of carbonyl (C=O) groups is 1. The molecule has 0 saturated carbocycles. The second kappa shape index (κ2) is 5.54. The van der Waals surface area contributed by atoms with Gasteiger partial charge in [0.1, 0.15) is 10.6 Å². The summed E-state index contributed by atoms with van der Waals surface area (Å²) in [7, 11) is 1.54. The summed E-state index contributed by atoms with van der Waals surface area (Å²) >= 11 is 0. The zero-order valence-corrected chi connectivity index (χ0v) is 12.4. The van der Waals surface area contributed by atoms with Gasteiger partial charge in [0.05, 0.1) is 0 Å². The summed E-state index contributed by atoms with van der Waals surface area (Å²) in [6.07, 6.45) is 4.26. The van der Waals surface area contributed by atoms with Crippen molar-refractivity contribution in [3.8, 4) is 0 Å². The first-order valence-corrected chi connectivity index (χ1v) is 8.68. The van der Waals surface area contributed by atoms with E-state index < -0.39 is 9.05 Å².